The van der Waals surface area contributed by atoms with E-state index in [4.69, 9.17) is 4.74 Å². The van der Waals surface area contributed by atoms with E-state index >= 15 is 0 Å². The predicted octanol–water partition coefficient (Wildman–Crippen LogP) is 2.80. The van der Waals surface area contributed by atoms with Crippen LogP contribution in [0.4, 0.5) is 0 Å². The van der Waals surface area contributed by atoms with Crippen molar-refractivity contribution in [1.82, 2.24) is 4.98 Å². The van der Waals surface area contributed by atoms with E-state index in [-0.39, 0.29) is 0 Å². The number of thiazole rings is 1. The molecule has 2 rings (SSSR count). The van der Waals surface area contributed by atoms with E-state index in [0.717, 1.165) is 21.3 Å². The first-order valence-corrected chi connectivity index (χ1v) is 6.66. The highest BCUT2D eigenvalue weighted by molar-refractivity contribution is 7.10. The van der Waals surface area contributed by atoms with Gasteiger partial charge in [-0.25, -0.2) is 4.98 Å². The van der Waals surface area contributed by atoms with Gasteiger partial charge in [-0.2, -0.15) is 0 Å². The lowest BCUT2D eigenvalue weighted by molar-refractivity contribution is 0.181. The number of rotatable bonds is 4. The molecular formula is C11H13NO2S2. The van der Waals surface area contributed by atoms with Gasteiger partial charge in [-0.05, 0) is 13.0 Å². The lowest BCUT2D eigenvalue weighted by atomic mass is 10.2. The van der Waals surface area contributed by atoms with E-state index in [1.807, 2.05) is 23.8 Å². The number of hydrogen-bond donors (Lipinski definition) is 1. The first-order valence-electron chi connectivity index (χ1n) is 4.90. The molecule has 16 heavy (non-hydrogen) atoms. The van der Waals surface area contributed by atoms with Crippen molar-refractivity contribution < 1.29 is 9.84 Å². The average molecular weight is 255 g/mol. The maximum absolute atomic E-state index is 10.0. The van der Waals surface area contributed by atoms with Crippen molar-refractivity contribution in [2.45, 2.75) is 19.4 Å². The lowest BCUT2D eigenvalue weighted by Crippen LogP contribution is -1.99. The number of ether oxygens (including phenoxy) is 1. The van der Waals surface area contributed by atoms with E-state index in [1.54, 1.807) is 18.4 Å². The van der Waals surface area contributed by atoms with Gasteiger partial charge in [-0.3, -0.25) is 0 Å². The zero-order valence-corrected chi connectivity index (χ0v) is 10.8. The first kappa shape index (κ1) is 11.6. The summed E-state index contributed by atoms with van der Waals surface area (Å²) < 4.78 is 5.09. The highest BCUT2D eigenvalue weighted by Gasteiger charge is 2.13. The molecule has 5 heteroatoms. The summed E-state index contributed by atoms with van der Waals surface area (Å²) in [7, 11) is 1.63. The molecule has 0 fully saturated rings. The van der Waals surface area contributed by atoms with Crippen LogP contribution >= 0.6 is 22.7 Å². The van der Waals surface area contributed by atoms with Crippen LogP contribution in [0.5, 0.6) is 5.75 Å². The Morgan fingerprint density at radius 3 is 2.81 bits per heavy atom. The van der Waals surface area contributed by atoms with E-state index < -0.39 is 6.10 Å². The number of aryl methyl sites for hydroxylation is 1. The van der Waals surface area contributed by atoms with Crippen LogP contribution in [0.15, 0.2) is 16.8 Å². The number of aliphatic hydroxyl groups excluding tert-OH is 1. The van der Waals surface area contributed by atoms with E-state index in [1.165, 1.54) is 11.3 Å². The Bertz CT molecular complexity index is 464. The maximum Gasteiger partial charge on any atom is 0.129 e. The molecule has 0 aliphatic carbocycles. The van der Waals surface area contributed by atoms with Gasteiger partial charge in [0.1, 0.15) is 5.75 Å². The molecular weight excluding hydrogens is 242 g/mol. The smallest absolute Gasteiger partial charge is 0.129 e. The van der Waals surface area contributed by atoms with Crippen LogP contribution in [0, 0.1) is 6.92 Å². The molecule has 1 unspecified atom stereocenters. The molecule has 86 valence electrons. The molecule has 2 aromatic rings. The third kappa shape index (κ3) is 2.61. The van der Waals surface area contributed by atoms with Gasteiger partial charge in [0, 0.05) is 22.1 Å². The molecule has 0 aliphatic rings. The molecule has 2 aromatic heterocycles. The largest absolute Gasteiger partial charge is 0.496 e. The molecule has 0 saturated heterocycles. The van der Waals surface area contributed by atoms with Crippen LogP contribution in [-0.2, 0) is 6.42 Å². The maximum atomic E-state index is 10.0. The van der Waals surface area contributed by atoms with Crippen LogP contribution in [0.3, 0.4) is 0 Å². The standard InChI is InChI=1S/C11H13NO2S2/c1-7-12-8(5-15-7)3-10(13)11-4-9(14-2)6-16-11/h4-6,10,13H,3H2,1-2H3. The fourth-order valence-electron chi connectivity index (χ4n) is 1.42. The summed E-state index contributed by atoms with van der Waals surface area (Å²) in [6.45, 7) is 1.97. The molecule has 0 aromatic carbocycles. The van der Waals surface area contributed by atoms with Gasteiger partial charge in [0.05, 0.1) is 23.9 Å². The molecule has 3 nitrogen and oxygen atoms in total. The fraction of sp³-hybridized carbons (Fsp3) is 0.364. The molecule has 0 aliphatic heterocycles. The number of methoxy groups -OCH3 is 1. The van der Waals surface area contributed by atoms with Crippen molar-refractivity contribution >= 4 is 22.7 Å². The number of hydrogen-bond acceptors (Lipinski definition) is 5. The number of aliphatic hydroxyl groups is 1. The third-order valence-corrected chi connectivity index (χ3v) is 4.06. The van der Waals surface area contributed by atoms with Crippen LogP contribution in [-0.4, -0.2) is 17.2 Å². The molecule has 0 bridgehead atoms. The highest BCUT2D eigenvalue weighted by atomic mass is 32.1. The molecule has 0 radical (unpaired) electrons. The van der Waals surface area contributed by atoms with Crippen molar-refractivity contribution in [3.05, 3.63) is 32.4 Å². The average Bonchev–Trinajstić information content (AvgIpc) is 2.87. The quantitative estimate of drug-likeness (QED) is 0.913. The van der Waals surface area contributed by atoms with Gasteiger partial charge in [-0.1, -0.05) is 0 Å². The predicted molar refractivity (Wildman–Crippen MR) is 66.4 cm³/mol. The molecule has 0 spiro atoms. The monoisotopic (exact) mass is 255 g/mol. The topological polar surface area (TPSA) is 42.4 Å². The molecule has 0 saturated carbocycles. The van der Waals surface area contributed by atoms with E-state index in [2.05, 4.69) is 4.98 Å². The summed E-state index contributed by atoms with van der Waals surface area (Å²) in [5.74, 6) is 0.800. The van der Waals surface area contributed by atoms with Gasteiger partial charge in [0.25, 0.3) is 0 Å². The highest BCUT2D eigenvalue weighted by Crippen LogP contribution is 2.28. The minimum Gasteiger partial charge on any atom is -0.496 e. The number of aromatic nitrogens is 1. The summed E-state index contributed by atoms with van der Waals surface area (Å²) >= 11 is 3.12. The van der Waals surface area contributed by atoms with Crippen LogP contribution in [0.2, 0.25) is 0 Å². The minimum absolute atomic E-state index is 0.490. The first-order chi connectivity index (χ1) is 7.69. The molecule has 1 atom stereocenters. The van der Waals surface area contributed by atoms with E-state index in [0.29, 0.717) is 6.42 Å². The Hall–Kier alpha value is -0.910. The fourth-order valence-corrected chi connectivity index (χ4v) is 2.88. The summed E-state index contributed by atoms with van der Waals surface area (Å²) in [4.78, 5) is 5.25. The van der Waals surface area contributed by atoms with Crippen molar-refractivity contribution in [3.63, 3.8) is 0 Å². The third-order valence-electron chi connectivity index (χ3n) is 2.23. The SMILES string of the molecule is COc1csc(C(O)Cc2csc(C)n2)c1. The Labute approximate surface area is 102 Å². The van der Waals surface area contributed by atoms with Gasteiger partial charge in [0.15, 0.2) is 0 Å². The number of nitrogens with zero attached hydrogens (tertiary/aromatic N) is 1. The zero-order valence-electron chi connectivity index (χ0n) is 9.14. The summed E-state index contributed by atoms with van der Waals surface area (Å²) in [5, 5.41) is 14.9. The lowest BCUT2D eigenvalue weighted by Gasteiger charge is -2.05. The van der Waals surface area contributed by atoms with E-state index in [9.17, 15) is 5.11 Å². The van der Waals surface area contributed by atoms with Crippen LogP contribution in [0.25, 0.3) is 0 Å². The second-order valence-corrected chi connectivity index (χ2v) is 5.47. The van der Waals surface area contributed by atoms with Crippen molar-refractivity contribution in [2.75, 3.05) is 7.11 Å². The van der Waals surface area contributed by atoms with Crippen molar-refractivity contribution in [2.24, 2.45) is 0 Å². The minimum atomic E-state index is -0.490. The van der Waals surface area contributed by atoms with Gasteiger partial charge in [-0.15, -0.1) is 22.7 Å². The Balaban J connectivity index is 2.05. The summed E-state index contributed by atoms with van der Waals surface area (Å²) in [6, 6.07) is 1.87. The molecule has 2 heterocycles. The normalized spacial score (nSPS) is 12.7. The van der Waals surface area contributed by atoms with Gasteiger partial charge < -0.3 is 9.84 Å². The second-order valence-electron chi connectivity index (χ2n) is 3.47. The van der Waals surface area contributed by atoms with Crippen molar-refractivity contribution in [3.8, 4) is 5.75 Å². The summed E-state index contributed by atoms with van der Waals surface area (Å²) in [5.41, 5.74) is 0.947. The Kier molecular flexibility index (Phi) is 3.58. The number of thiophene rings is 1. The van der Waals surface area contributed by atoms with Crippen molar-refractivity contribution in [1.29, 1.82) is 0 Å². The van der Waals surface area contributed by atoms with Crippen LogP contribution in [0.1, 0.15) is 21.7 Å². The summed E-state index contributed by atoms with van der Waals surface area (Å²) in [6.07, 6.45) is 0.0731. The second kappa shape index (κ2) is 4.95. The molecule has 1 N–H and O–H groups in total. The molecule has 0 amide bonds. The Morgan fingerprint density at radius 1 is 1.44 bits per heavy atom. The Morgan fingerprint density at radius 2 is 2.25 bits per heavy atom. The van der Waals surface area contributed by atoms with Gasteiger partial charge >= 0.3 is 0 Å². The zero-order chi connectivity index (χ0) is 11.5. The van der Waals surface area contributed by atoms with Gasteiger partial charge in [0.2, 0.25) is 0 Å². The van der Waals surface area contributed by atoms with Crippen LogP contribution < -0.4 is 4.74 Å².